The maximum Gasteiger partial charge on any atom is 0.242 e. The number of hydrogen-bond acceptors (Lipinski definition) is 8. The molecule has 1 aliphatic rings. The van der Waals surface area contributed by atoms with Crippen LogP contribution in [0.1, 0.15) is 56.3 Å². The van der Waals surface area contributed by atoms with E-state index in [1.165, 1.54) is 6.92 Å². The van der Waals surface area contributed by atoms with E-state index in [0.717, 1.165) is 34.4 Å². The molecule has 0 saturated carbocycles. The summed E-state index contributed by atoms with van der Waals surface area (Å²) in [5, 5.41) is 9.33. The lowest BCUT2D eigenvalue weighted by Crippen LogP contribution is -2.45. The fraction of sp³-hybridized carbons (Fsp3) is 0.417. The van der Waals surface area contributed by atoms with Gasteiger partial charge in [0.15, 0.2) is 11.5 Å². The Morgan fingerprint density at radius 1 is 0.935 bits per heavy atom. The van der Waals surface area contributed by atoms with Crippen molar-refractivity contribution in [3.8, 4) is 34.1 Å². The highest BCUT2D eigenvalue weighted by molar-refractivity contribution is 5.86. The molecule has 10 heteroatoms. The molecular formula is C36H45N3O7. The number of para-hydroxylation sites is 1. The Morgan fingerprint density at radius 2 is 1.65 bits per heavy atom. The minimum atomic E-state index is -0.658. The van der Waals surface area contributed by atoms with Crippen molar-refractivity contribution in [1.82, 2.24) is 10.6 Å². The van der Waals surface area contributed by atoms with Crippen LogP contribution >= 0.6 is 0 Å². The van der Waals surface area contributed by atoms with Crippen molar-refractivity contribution in [1.29, 1.82) is 0 Å². The Labute approximate surface area is 270 Å². The maximum absolute atomic E-state index is 13.9. The molecule has 0 unspecified atom stereocenters. The molecule has 0 bridgehead atoms. The molecule has 3 N–H and O–H groups in total. The molecule has 0 aliphatic heterocycles. The van der Waals surface area contributed by atoms with E-state index in [-0.39, 0.29) is 28.8 Å². The van der Waals surface area contributed by atoms with Gasteiger partial charge in [0.2, 0.25) is 23.0 Å². The Hall–Kier alpha value is -4.73. The molecule has 0 heterocycles. The second-order valence-corrected chi connectivity index (χ2v) is 11.5. The number of fused-ring (bicyclic) bond motifs is 3. The molecule has 3 aromatic rings. The maximum atomic E-state index is 13.9. The summed E-state index contributed by atoms with van der Waals surface area (Å²) < 4.78 is 22.6. The molecule has 0 aromatic heterocycles. The summed E-state index contributed by atoms with van der Waals surface area (Å²) in [6, 6.07) is 13.6. The van der Waals surface area contributed by atoms with Gasteiger partial charge >= 0.3 is 0 Å². The second kappa shape index (κ2) is 15.5. The van der Waals surface area contributed by atoms with E-state index >= 15 is 0 Å². The van der Waals surface area contributed by atoms with Crippen molar-refractivity contribution in [2.45, 2.75) is 58.5 Å². The standard InChI is InChI=1S/C36H45N3O7/c1-8-21(2)33(36(42)37-18-17-23-11-9-10-12-30(23)43-4)39-28-16-14-25-26(20-29(28)41)27(38-22(3)40)15-13-24-19-31(44-5)34(45-6)35(46-7)32(24)25/h9-12,14,16,19-21,27,33H,8,13,15,17-18H2,1-7H3,(H,37,42)(H,38,40)(H,39,41)/t21-,27-,33+/m0/s1. The topological polar surface area (TPSA) is 124 Å². The SMILES string of the molecule is CC[C@H](C)[C@@H](Nc1ccc2c(cc1=O)[C@@H](NC(C)=O)CCc1cc(OC)c(OC)c(OC)c1-2)C(=O)NCCc1ccccc1OC. The van der Waals surface area contributed by atoms with E-state index in [1.54, 1.807) is 40.6 Å². The van der Waals surface area contributed by atoms with Crippen molar-refractivity contribution in [3.05, 3.63) is 75.4 Å². The average molecular weight is 632 g/mol. The first-order valence-electron chi connectivity index (χ1n) is 15.6. The number of benzene rings is 2. The number of ether oxygens (including phenoxy) is 4. The molecule has 0 fully saturated rings. The first-order valence-corrected chi connectivity index (χ1v) is 15.6. The minimum Gasteiger partial charge on any atom is -0.496 e. The van der Waals surface area contributed by atoms with Crippen LogP contribution in [0.4, 0.5) is 5.69 Å². The Bertz CT molecular complexity index is 1620. The van der Waals surface area contributed by atoms with Crippen molar-refractivity contribution in [3.63, 3.8) is 0 Å². The Morgan fingerprint density at radius 3 is 2.30 bits per heavy atom. The fourth-order valence-corrected chi connectivity index (χ4v) is 6.04. The molecule has 1 aliphatic carbocycles. The summed E-state index contributed by atoms with van der Waals surface area (Å²) in [6.45, 7) is 5.86. The third-order valence-electron chi connectivity index (χ3n) is 8.61. The number of amides is 2. The average Bonchev–Trinajstić information content (AvgIpc) is 3.30. The largest absolute Gasteiger partial charge is 0.496 e. The fourth-order valence-electron chi connectivity index (χ4n) is 6.04. The molecule has 246 valence electrons. The number of methoxy groups -OCH3 is 4. The monoisotopic (exact) mass is 631 g/mol. The normalized spacial score (nSPS) is 14.8. The van der Waals surface area contributed by atoms with E-state index in [9.17, 15) is 14.4 Å². The zero-order valence-electron chi connectivity index (χ0n) is 27.7. The van der Waals surface area contributed by atoms with Gasteiger partial charge < -0.3 is 34.9 Å². The Kier molecular flexibility index (Phi) is 11.5. The zero-order chi connectivity index (χ0) is 33.4. The van der Waals surface area contributed by atoms with E-state index in [2.05, 4.69) is 16.0 Å². The summed E-state index contributed by atoms with van der Waals surface area (Å²) in [5.74, 6) is 1.73. The Balaban J connectivity index is 1.75. The van der Waals surface area contributed by atoms with Gasteiger partial charge in [0.05, 0.1) is 40.2 Å². The van der Waals surface area contributed by atoms with Gasteiger partial charge in [-0.1, -0.05) is 44.5 Å². The lowest BCUT2D eigenvalue weighted by atomic mass is 9.95. The molecule has 3 aromatic carbocycles. The zero-order valence-corrected chi connectivity index (χ0v) is 27.7. The summed E-state index contributed by atoms with van der Waals surface area (Å²) in [7, 11) is 6.30. The summed E-state index contributed by atoms with van der Waals surface area (Å²) >= 11 is 0. The summed E-state index contributed by atoms with van der Waals surface area (Å²) in [4.78, 5) is 39.7. The van der Waals surface area contributed by atoms with E-state index in [1.807, 2.05) is 50.2 Å². The molecule has 10 nitrogen and oxygen atoms in total. The minimum absolute atomic E-state index is 0.0707. The second-order valence-electron chi connectivity index (χ2n) is 11.5. The number of carbonyl (C=O) groups is 2. The van der Waals surface area contributed by atoms with E-state index in [4.69, 9.17) is 18.9 Å². The van der Waals surface area contributed by atoms with Crippen molar-refractivity contribution in [2.75, 3.05) is 40.3 Å². The summed E-state index contributed by atoms with van der Waals surface area (Å²) in [5.41, 5.74) is 4.04. The van der Waals surface area contributed by atoms with Crippen LogP contribution < -0.4 is 40.3 Å². The quantitative estimate of drug-likeness (QED) is 0.239. The van der Waals surface area contributed by atoms with Gasteiger partial charge in [0.25, 0.3) is 0 Å². The van der Waals surface area contributed by atoms with Gasteiger partial charge in [0.1, 0.15) is 11.8 Å². The van der Waals surface area contributed by atoms with Crippen molar-refractivity contribution >= 4 is 17.5 Å². The first kappa shape index (κ1) is 34.1. The van der Waals surface area contributed by atoms with Crippen LogP contribution in [-0.2, 0) is 22.4 Å². The molecule has 4 rings (SSSR count). The lowest BCUT2D eigenvalue weighted by molar-refractivity contribution is -0.123. The first-order chi connectivity index (χ1) is 22.2. The van der Waals surface area contributed by atoms with Crippen molar-refractivity contribution < 1.29 is 28.5 Å². The van der Waals surface area contributed by atoms with Crippen molar-refractivity contribution in [2.24, 2.45) is 5.92 Å². The molecule has 0 spiro atoms. The van der Waals surface area contributed by atoms with Crippen LogP contribution in [-0.4, -0.2) is 52.8 Å². The number of anilines is 1. The number of aryl methyl sites for hydroxylation is 1. The van der Waals surface area contributed by atoms with Gasteiger partial charge in [-0.25, -0.2) is 0 Å². The third-order valence-corrected chi connectivity index (χ3v) is 8.61. The van der Waals surface area contributed by atoms with Crippen LogP contribution in [0, 0.1) is 5.92 Å². The highest BCUT2D eigenvalue weighted by Crippen LogP contribution is 2.50. The van der Waals surface area contributed by atoms with Crippen LogP contribution in [0.2, 0.25) is 0 Å². The van der Waals surface area contributed by atoms with E-state index in [0.29, 0.717) is 48.6 Å². The smallest absolute Gasteiger partial charge is 0.242 e. The van der Waals surface area contributed by atoms with E-state index < -0.39 is 12.1 Å². The molecule has 46 heavy (non-hydrogen) atoms. The highest BCUT2D eigenvalue weighted by atomic mass is 16.5. The third kappa shape index (κ3) is 7.38. The molecule has 0 radical (unpaired) electrons. The van der Waals surface area contributed by atoms with Crippen LogP contribution in [0.5, 0.6) is 23.0 Å². The lowest BCUT2D eigenvalue weighted by Gasteiger charge is -2.24. The van der Waals surface area contributed by atoms with Gasteiger partial charge in [-0.05, 0) is 71.7 Å². The van der Waals surface area contributed by atoms with Gasteiger partial charge in [-0.3, -0.25) is 14.4 Å². The molecule has 2 amide bonds. The van der Waals surface area contributed by atoms with Crippen LogP contribution in [0.15, 0.2) is 53.3 Å². The predicted molar refractivity (Wildman–Crippen MR) is 179 cm³/mol. The van der Waals surface area contributed by atoms with Gasteiger partial charge in [-0.15, -0.1) is 0 Å². The number of hydrogen-bond donors (Lipinski definition) is 3. The van der Waals surface area contributed by atoms with Gasteiger partial charge in [-0.2, -0.15) is 0 Å². The highest BCUT2D eigenvalue weighted by Gasteiger charge is 2.30. The van der Waals surface area contributed by atoms with Crippen LogP contribution in [0.3, 0.4) is 0 Å². The number of rotatable bonds is 13. The van der Waals surface area contributed by atoms with Gasteiger partial charge in [0, 0.05) is 19.0 Å². The summed E-state index contributed by atoms with van der Waals surface area (Å²) in [6.07, 6.45) is 2.47. The number of nitrogens with one attached hydrogen (secondary N) is 3. The number of carbonyl (C=O) groups excluding carboxylic acids is 2. The molecule has 3 atom stereocenters. The molecular weight excluding hydrogens is 586 g/mol. The van der Waals surface area contributed by atoms with Crippen LogP contribution in [0.25, 0.3) is 11.1 Å². The predicted octanol–water partition coefficient (Wildman–Crippen LogP) is 5.06. The molecule has 0 saturated heterocycles.